The Balaban J connectivity index is 1.30. The standard InChI is InChI=1S/C28H29ClFN3O2S/c1-28-15-20-16-31-33(24-12-10-23(30)11-13-24)26(20)14-21(28)8-9-22(28)18-32(17-19-6-7-19)36(34,35)27-5-3-2-4-25(27)29/h2-5,10-14,16,19,22H,6-9,15,17-18H2,1H3/t22-,28+/m1/s1. The number of halogens is 2. The van der Waals surface area contributed by atoms with Crippen LogP contribution in [0, 0.1) is 23.1 Å². The van der Waals surface area contributed by atoms with Crippen LogP contribution in [0.2, 0.25) is 5.02 Å². The van der Waals surface area contributed by atoms with Gasteiger partial charge in [0.2, 0.25) is 10.0 Å². The van der Waals surface area contributed by atoms with Crippen LogP contribution in [0.25, 0.3) is 11.8 Å². The maximum Gasteiger partial charge on any atom is 0.244 e. The fourth-order valence-electron chi connectivity index (χ4n) is 5.91. The lowest BCUT2D eigenvalue weighted by atomic mass is 9.70. The summed E-state index contributed by atoms with van der Waals surface area (Å²) in [4.78, 5) is 0.192. The zero-order chi connectivity index (χ0) is 25.1. The lowest BCUT2D eigenvalue weighted by Gasteiger charge is -2.38. The highest BCUT2D eigenvalue weighted by Crippen LogP contribution is 2.53. The average Bonchev–Trinajstić information content (AvgIpc) is 3.50. The van der Waals surface area contributed by atoms with E-state index in [4.69, 9.17) is 11.6 Å². The van der Waals surface area contributed by atoms with Crippen LogP contribution in [0.5, 0.6) is 0 Å². The minimum atomic E-state index is -3.70. The minimum Gasteiger partial charge on any atom is -0.233 e. The fraction of sp³-hybridized carbons (Fsp3) is 0.393. The smallest absolute Gasteiger partial charge is 0.233 e. The molecule has 0 N–H and O–H groups in total. The van der Waals surface area contributed by atoms with Gasteiger partial charge >= 0.3 is 0 Å². The van der Waals surface area contributed by atoms with Gasteiger partial charge in [0, 0.05) is 13.1 Å². The third-order valence-electron chi connectivity index (χ3n) is 8.26. The van der Waals surface area contributed by atoms with E-state index in [-0.39, 0.29) is 27.1 Å². The second-order valence-corrected chi connectivity index (χ2v) is 13.0. The molecule has 2 aromatic carbocycles. The van der Waals surface area contributed by atoms with E-state index in [0.29, 0.717) is 19.0 Å². The molecule has 3 aliphatic rings. The van der Waals surface area contributed by atoms with Gasteiger partial charge in [0.25, 0.3) is 0 Å². The summed E-state index contributed by atoms with van der Waals surface area (Å²) >= 11 is 6.33. The average molecular weight is 526 g/mol. The molecular weight excluding hydrogens is 497 g/mol. The highest BCUT2D eigenvalue weighted by molar-refractivity contribution is 7.89. The molecule has 188 valence electrons. The summed E-state index contributed by atoms with van der Waals surface area (Å²) < 4.78 is 44.5. The van der Waals surface area contributed by atoms with Gasteiger partial charge in [-0.2, -0.15) is 9.40 Å². The number of allylic oxidation sites excluding steroid dienone is 1. The number of nitrogens with zero attached hydrogens (tertiary/aromatic N) is 3. The van der Waals surface area contributed by atoms with E-state index in [2.05, 4.69) is 18.1 Å². The number of aromatic nitrogens is 2. The first-order valence-corrected chi connectivity index (χ1v) is 14.4. The molecule has 1 heterocycles. The van der Waals surface area contributed by atoms with E-state index in [0.717, 1.165) is 49.0 Å². The molecule has 0 aliphatic heterocycles. The summed E-state index contributed by atoms with van der Waals surface area (Å²) in [6.07, 6.45) is 8.96. The predicted molar refractivity (Wildman–Crippen MR) is 139 cm³/mol. The number of benzene rings is 2. The lowest BCUT2D eigenvalue weighted by molar-refractivity contribution is 0.218. The first-order chi connectivity index (χ1) is 17.3. The topological polar surface area (TPSA) is 55.2 Å². The number of fused-ring (bicyclic) bond motifs is 2. The largest absolute Gasteiger partial charge is 0.244 e. The molecule has 0 amide bonds. The van der Waals surface area contributed by atoms with E-state index in [1.807, 2.05) is 10.9 Å². The third-order valence-corrected chi connectivity index (χ3v) is 10.6. The van der Waals surface area contributed by atoms with Crippen molar-refractivity contribution in [1.82, 2.24) is 14.1 Å². The molecule has 2 saturated carbocycles. The van der Waals surface area contributed by atoms with Gasteiger partial charge in [0.15, 0.2) is 0 Å². The van der Waals surface area contributed by atoms with E-state index in [1.54, 1.807) is 40.7 Å². The predicted octanol–water partition coefficient (Wildman–Crippen LogP) is 6.12. The molecule has 1 aromatic heterocycles. The number of rotatable bonds is 7. The second kappa shape index (κ2) is 8.82. The van der Waals surface area contributed by atoms with Crippen molar-refractivity contribution in [3.63, 3.8) is 0 Å². The zero-order valence-electron chi connectivity index (χ0n) is 20.2. The summed E-state index contributed by atoms with van der Waals surface area (Å²) in [6.45, 7) is 3.30. The van der Waals surface area contributed by atoms with Gasteiger partial charge < -0.3 is 0 Å². The van der Waals surface area contributed by atoms with Gasteiger partial charge in [-0.05, 0) is 97.4 Å². The molecule has 0 radical (unpaired) electrons. The Morgan fingerprint density at radius 3 is 2.58 bits per heavy atom. The molecule has 0 unspecified atom stereocenters. The van der Waals surface area contributed by atoms with E-state index in [9.17, 15) is 12.8 Å². The molecular formula is C28H29ClFN3O2S. The second-order valence-electron chi connectivity index (χ2n) is 10.6. The molecule has 2 atom stereocenters. The van der Waals surface area contributed by atoms with Crippen molar-refractivity contribution in [1.29, 1.82) is 0 Å². The fourth-order valence-corrected chi connectivity index (χ4v) is 7.97. The Labute approximate surface area is 216 Å². The van der Waals surface area contributed by atoms with Crippen LogP contribution in [0.3, 0.4) is 0 Å². The zero-order valence-corrected chi connectivity index (χ0v) is 21.8. The van der Waals surface area contributed by atoms with Crippen molar-refractivity contribution in [2.24, 2.45) is 17.3 Å². The molecule has 3 aliphatic carbocycles. The molecule has 5 nitrogen and oxygen atoms in total. The van der Waals surface area contributed by atoms with Gasteiger partial charge in [0.05, 0.1) is 22.6 Å². The van der Waals surface area contributed by atoms with Gasteiger partial charge in [-0.1, -0.05) is 36.2 Å². The maximum atomic E-state index is 13.7. The van der Waals surface area contributed by atoms with E-state index >= 15 is 0 Å². The summed E-state index contributed by atoms with van der Waals surface area (Å²) in [5.74, 6) is 0.354. The van der Waals surface area contributed by atoms with Crippen molar-refractivity contribution < 1.29 is 12.8 Å². The van der Waals surface area contributed by atoms with Gasteiger partial charge in [-0.25, -0.2) is 17.5 Å². The Hall–Kier alpha value is -2.48. The summed E-state index contributed by atoms with van der Waals surface area (Å²) in [5, 5.41) is 4.88. The lowest BCUT2D eigenvalue weighted by Crippen LogP contribution is -2.41. The normalized spacial score (nSPS) is 23.4. The van der Waals surface area contributed by atoms with Crippen LogP contribution in [-0.4, -0.2) is 35.6 Å². The van der Waals surface area contributed by atoms with Gasteiger partial charge in [-0.15, -0.1) is 0 Å². The SMILES string of the molecule is C[C@]12Cc3cnn(-c4ccc(F)cc4)c3C=C1CC[C@@H]2CN(CC1CC1)S(=O)(=O)c1ccccc1Cl. The quantitative estimate of drug-likeness (QED) is 0.373. The van der Waals surface area contributed by atoms with Crippen LogP contribution in [0.4, 0.5) is 4.39 Å². The van der Waals surface area contributed by atoms with Gasteiger partial charge in [0.1, 0.15) is 10.7 Å². The molecule has 36 heavy (non-hydrogen) atoms. The van der Waals surface area contributed by atoms with Gasteiger partial charge in [-0.3, -0.25) is 0 Å². The molecule has 0 spiro atoms. The molecule has 0 saturated heterocycles. The molecule has 8 heteroatoms. The summed E-state index contributed by atoms with van der Waals surface area (Å²) in [7, 11) is -3.70. The van der Waals surface area contributed by atoms with Crippen molar-refractivity contribution >= 4 is 27.7 Å². The summed E-state index contributed by atoms with van der Waals surface area (Å²) in [5.41, 5.74) is 4.20. The molecule has 0 bridgehead atoms. The molecule has 6 rings (SSSR count). The third kappa shape index (κ3) is 4.11. The van der Waals surface area contributed by atoms with Crippen LogP contribution >= 0.6 is 11.6 Å². The Morgan fingerprint density at radius 2 is 1.86 bits per heavy atom. The van der Waals surface area contributed by atoms with E-state index < -0.39 is 10.0 Å². The van der Waals surface area contributed by atoms with Crippen LogP contribution in [-0.2, 0) is 16.4 Å². The highest BCUT2D eigenvalue weighted by atomic mass is 35.5. The first-order valence-electron chi connectivity index (χ1n) is 12.5. The monoisotopic (exact) mass is 525 g/mol. The van der Waals surface area contributed by atoms with Crippen LogP contribution < -0.4 is 0 Å². The Morgan fingerprint density at radius 1 is 1.11 bits per heavy atom. The van der Waals surface area contributed by atoms with Crippen molar-refractivity contribution in [2.75, 3.05) is 13.1 Å². The van der Waals surface area contributed by atoms with Crippen molar-refractivity contribution in [3.05, 3.63) is 82.4 Å². The van der Waals surface area contributed by atoms with Crippen LogP contribution in [0.1, 0.15) is 43.9 Å². The first kappa shape index (κ1) is 23.9. The number of hydrogen-bond acceptors (Lipinski definition) is 3. The van der Waals surface area contributed by atoms with Crippen molar-refractivity contribution in [2.45, 2.75) is 43.9 Å². The van der Waals surface area contributed by atoms with Crippen LogP contribution in [0.15, 0.2) is 65.2 Å². The van der Waals surface area contributed by atoms with E-state index in [1.165, 1.54) is 17.7 Å². The summed E-state index contributed by atoms with van der Waals surface area (Å²) in [6, 6.07) is 13.1. The Kier molecular flexibility index (Phi) is 5.85. The minimum absolute atomic E-state index is 0.137. The highest BCUT2D eigenvalue weighted by Gasteiger charge is 2.47. The maximum absolute atomic E-state index is 13.7. The van der Waals surface area contributed by atoms with Crippen molar-refractivity contribution in [3.8, 4) is 5.69 Å². The molecule has 2 fully saturated rings. The molecule has 3 aromatic rings. The number of sulfonamides is 1. The Bertz CT molecular complexity index is 1450. The number of hydrogen-bond donors (Lipinski definition) is 0.